The van der Waals surface area contributed by atoms with Crippen molar-refractivity contribution in [3.8, 4) is 0 Å². The highest BCUT2D eigenvalue weighted by molar-refractivity contribution is 14.1. The van der Waals surface area contributed by atoms with E-state index in [9.17, 15) is 17.1 Å². The zero-order valence-corrected chi connectivity index (χ0v) is 13.2. The fourth-order valence-corrected chi connectivity index (χ4v) is 3.34. The fourth-order valence-electron chi connectivity index (χ4n) is 2.22. The molecule has 1 aromatic rings. The van der Waals surface area contributed by atoms with Crippen molar-refractivity contribution in [2.45, 2.75) is 13.3 Å². The van der Waals surface area contributed by atoms with Crippen molar-refractivity contribution >= 4 is 44.4 Å². The molecule has 0 saturated carbocycles. The maximum Gasteiger partial charge on any atom is 0.302 e. The lowest BCUT2D eigenvalue weighted by Gasteiger charge is -2.17. The molecule has 104 valence electrons. The summed E-state index contributed by atoms with van der Waals surface area (Å²) >= 11 is 2.20. The molecule has 0 spiro atoms. The standard InChI is InChI=1S/C12H13FINO3S/c1-8-4-10(2-3-11(8)14)15-6-9(5-12(15)16)7-19(13,17)18/h2-4,9H,5-7H2,1H3. The molecule has 1 atom stereocenters. The number of rotatable bonds is 3. The molecule has 0 bridgehead atoms. The highest BCUT2D eigenvalue weighted by Crippen LogP contribution is 2.28. The summed E-state index contributed by atoms with van der Waals surface area (Å²) in [6, 6.07) is 5.60. The first-order valence-electron chi connectivity index (χ1n) is 5.75. The van der Waals surface area contributed by atoms with Crippen LogP contribution < -0.4 is 4.90 Å². The molecule has 19 heavy (non-hydrogen) atoms. The smallest absolute Gasteiger partial charge is 0.302 e. The zero-order valence-electron chi connectivity index (χ0n) is 10.3. The number of anilines is 1. The number of hydrogen-bond donors (Lipinski definition) is 0. The van der Waals surface area contributed by atoms with Crippen LogP contribution in [0, 0.1) is 16.4 Å². The Morgan fingerprint density at radius 1 is 1.47 bits per heavy atom. The van der Waals surface area contributed by atoms with Gasteiger partial charge >= 0.3 is 10.2 Å². The number of halogens is 2. The molecule has 1 aliphatic rings. The maximum absolute atomic E-state index is 12.7. The van der Waals surface area contributed by atoms with Gasteiger partial charge in [-0.2, -0.15) is 8.42 Å². The summed E-state index contributed by atoms with van der Waals surface area (Å²) in [5, 5.41) is 0. The number of benzene rings is 1. The minimum Gasteiger partial charge on any atom is -0.312 e. The highest BCUT2D eigenvalue weighted by atomic mass is 127. The van der Waals surface area contributed by atoms with Gasteiger partial charge in [0, 0.05) is 28.1 Å². The van der Waals surface area contributed by atoms with Crippen LogP contribution >= 0.6 is 22.6 Å². The van der Waals surface area contributed by atoms with Gasteiger partial charge in [-0.1, -0.05) is 0 Å². The van der Waals surface area contributed by atoms with Crippen molar-refractivity contribution in [3.63, 3.8) is 0 Å². The summed E-state index contributed by atoms with van der Waals surface area (Å²) in [6.07, 6.45) is 0.0776. The van der Waals surface area contributed by atoms with Crippen LogP contribution in [0.1, 0.15) is 12.0 Å². The van der Waals surface area contributed by atoms with Gasteiger partial charge in [0.05, 0.1) is 5.75 Å². The largest absolute Gasteiger partial charge is 0.312 e. The van der Waals surface area contributed by atoms with Gasteiger partial charge in [-0.05, 0) is 53.3 Å². The first-order chi connectivity index (χ1) is 8.76. The van der Waals surface area contributed by atoms with E-state index in [-0.39, 0.29) is 18.9 Å². The van der Waals surface area contributed by atoms with E-state index in [0.717, 1.165) is 14.8 Å². The van der Waals surface area contributed by atoms with Gasteiger partial charge in [-0.15, -0.1) is 3.89 Å². The number of aryl methyl sites for hydroxylation is 1. The van der Waals surface area contributed by atoms with Gasteiger partial charge in [0.15, 0.2) is 0 Å². The quantitative estimate of drug-likeness (QED) is 0.581. The van der Waals surface area contributed by atoms with Crippen LogP contribution in [-0.4, -0.2) is 26.6 Å². The molecular weight excluding hydrogens is 384 g/mol. The fraction of sp³-hybridized carbons (Fsp3) is 0.417. The molecule has 1 aliphatic heterocycles. The average molecular weight is 397 g/mol. The number of carbonyl (C=O) groups is 1. The Balaban J connectivity index is 2.18. The molecule has 0 N–H and O–H groups in total. The van der Waals surface area contributed by atoms with Crippen molar-refractivity contribution in [3.05, 3.63) is 27.3 Å². The molecule has 1 heterocycles. The van der Waals surface area contributed by atoms with Crippen molar-refractivity contribution in [2.75, 3.05) is 17.2 Å². The third-order valence-electron chi connectivity index (χ3n) is 3.09. The number of nitrogens with zero attached hydrogens (tertiary/aromatic N) is 1. The molecule has 0 aromatic heterocycles. The van der Waals surface area contributed by atoms with Crippen LogP contribution in [0.5, 0.6) is 0 Å². The van der Waals surface area contributed by atoms with Crippen molar-refractivity contribution < 1.29 is 17.1 Å². The lowest BCUT2D eigenvalue weighted by Crippen LogP contribution is -2.25. The Morgan fingerprint density at radius 2 is 2.16 bits per heavy atom. The highest BCUT2D eigenvalue weighted by Gasteiger charge is 2.33. The van der Waals surface area contributed by atoms with E-state index < -0.39 is 21.9 Å². The predicted molar refractivity (Wildman–Crippen MR) is 79.3 cm³/mol. The molecule has 0 radical (unpaired) electrons. The van der Waals surface area contributed by atoms with E-state index in [4.69, 9.17) is 0 Å². The molecule has 4 nitrogen and oxygen atoms in total. The van der Waals surface area contributed by atoms with Crippen LogP contribution in [0.2, 0.25) is 0 Å². The van der Waals surface area contributed by atoms with Gasteiger partial charge in [0.25, 0.3) is 0 Å². The second-order valence-electron chi connectivity index (χ2n) is 4.71. The summed E-state index contributed by atoms with van der Waals surface area (Å²) in [5.74, 6) is -1.21. The summed E-state index contributed by atoms with van der Waals surface area (Å²) < 4.78 is 35.0. The molecule has 1 unspecified atom stereocenters. The molecule has 1 aromatic carbocycles. The van der Waals surface area contributed by atoms with Crippen LogP contribution in [-0.2, 0) is 15.0 Å². The summed E-state index contributed by atoms with van der Waals surface area (Å²) in [6.45, 7) is 2.19. The average Bonchev–Trinajstić information content (AvgIpc) is 2.61. The van der Waals surface area contributed by atoms with Crippen molar-refractivity contribution in [1.29, 1.82) is 0 Å². The zero-order chi connectivity index (χ0) is 14.2. The SMILES string of the molecule is Cc1cc(N2CC(CS(=O)(=O)F)CC2=O)ccc1I. The number of amides is 1. The first-order valence-corrected chi connectivity index (χ1v) is 8.38. The van der Waals surface area contributed by atoms with E-state index in [2.05, 4.69) is 22.6 Å². The van der Waals surface area contributed by atoms with E-state index in [1.807, 2.05) is 25.1 Å². The van der Waals surface area contributed by atoms with Crippen LogP contribution in [0.15, 0.2) is 18.2 Å². The maximum atomic E-state index is 12.7. The molecular formula is C12H13FINO3S. The van der Waals surface area contributed by atoms with Crippen molar-refractivity contribution in [1.82, 2.24) is 0 Å². The predicted octanol–water partition coefficient (Wildman–Crippen LogP) is 2.25. The van der Waals surface area contributed by atoms with Crippen LogP contribution in [0.3, 0.4) is 0 Å². The Morgan fingerprint density at radius 3 is 2.74 bits per heavy atom. The molecule has 1 fully saturated rings. The van der Waals surface area contributed by atoms with Gasteiger partial charge in [-0.3, -0.25) is 4.79 Å². The number of carbonyl (C=O) groups excluding carboxylic acids is 1. The second-order valence-corrected chi connectivity index (χ2v) is 7.29. The Kier molecular flexibility index (Phi) is 4.14. The van der Waals surface area contributed by atoms with Crippen molar-refractivity contribution in [2.24, 2.45) is 5.92 Å². The Hall–Kier alpha value is -0.700. The van der Waals surface area contributed by atoms with E-state index in [1.54, 1.807) is 0 Å². The number of hydrogen-bond acceptors (Lipinski definition) is 3. The van der Waals surface area contributed by atoms with Gasteiger partial charge in [0.1, 0.15) is 0 Å². The third kappa shape index (κ3) is 3.65. The van der Waals surface area contributed by atoms with Crippen LogP contribution in [0.4, 0.5) is 9.57 Å². The first kappa shape index (κ1) is 14.7. The Bertz CT molecular complexity index is 617. The van der Waals surface area contributed by atoms with E-state index >= 15 is 0 Å². The van der Waals surface area contributed by atoms with Crippen LogP contribution in [0.25, 0.3) is 0 Å². The summed E-state index contributed by atoms with van der Waals surface area (Å²) in [7, 11) is -4.53. The molecule has 7 heteroatoms. The molecule has 1 amide bonds. The topological polar surface area (TPSA) is 54.5 Å². The second kappa shape index (κ2) is 5.35. The van der Waals surface area contributed by atoms with E-state index in [1.165, 1.54) is 4.90 Å². The van der Waals surface area contributed by atoms with Gasteiger partial charge < -0.3 is 4.90 Å². The minimum atomic E-state index is -4.53. The Labute approximate surface area is 125 Å². The van der Waals surface area contributed by atoms with Gasteiger partial charge in [-0.25, -0.2) is 0 Å². The monoisotopic (exact) mass is 397 g/mol. The van der Waals surface area contributed by atoms with Gasteiger partial charge in [0.2, 0.25) is 5.91 Å². The lowest BCUT2D eigenvalue weighted by atomic mass is 10.1. The molecule has 0 aliphatic carbocycles. The third-order valence-corrected chi connectivity index (χ3v) is 5.17. The molecule has 2 rings (SSSR count). The summed E-state index contributed by atoms with van der Waals surface area (Å²) in [4.78, 5) is 13.4. The lowest BCUT2D eigenvalue weighted by molar-refractivity contribution is -0.117. The minimum absolute atomic E-state index is 0.0776. The normalized spacial score (nSPS) is 20.1. The summed E-state index contributed by atoms with van der Waals surface area (Å²) in [5.41, 5.74) is 1.79. The van der Waals surface area contributed by atoms with E-state index in [0.29, 0.717) is 0 Å². The molecule has 1 saturated heterocycles.